The molecule has 0 saturated carbocycles. The lowest BCUT2D eigenvalue weighted by Gasteiger charge is -2.25. The normalized spacial score (nSPS) is 38.8. The maximum absolute atomic E-state index is 11.4. The monoisotopic (exact) mass is 257 g/mol. The number of carbonyl (C=O) groups is 2. The first-order valence-electron chi connectivity index (χ1n) is 5.50. The van der Waals surface area contributed by atoms with Crippen LogP contribution in [0.15, 0.2) is 11.6 Å². The second kappa shape index (κ2) is 4.34. The number of carbonyl (C=O) groups excluding carboxylic acids is 2. The van der Waals surface area contributed by atoms with Gasteiger partial charge in [0.2, 0.25) is 5.79 Å². The minimum Gasteiger partial charge on any atom is -0.466 e. The molecule has 4 atom stereocenters. The molecule has 7 heteroatoms. The molecule has 3 N–H and O–H groups in total. The van der Waals surface area contributed by atoms with E-state index >= 15 is 0 Å². The molecule has 7 nitrogen and oxygen atoms in total. The van der Waals surface area contributed by atoms with E-state index in [9.17, 15) is 14.7 Å². The van der Waals surface area contributed by atoms with Crippen molar-refractivity contribution in [2.45, 2.75) is 37.4 Å². The third-order valence-electron chi connectivity index (χ3n) is 3.11. The minimum absolute atomic E-state index is 0.0893. The van der Waals surface area contributed by atoms with Gasteiger partial charge in [0, 0.05) is 12.0 Å². The van der Waals surface area contributed by atoms with E-state index < -0.39 is 36.0 Å². The van der Waals surface area contributed by atoms with E-state index in [-0.39, 0.29) is 6.42 Å². The molecule has 2 rings (SSSR count). The van der Waals surface area contributed by atoms with Crippen molar-refractivity contribution in [1.82, 2.24) is 0 Å². The quantitative estimate of drug-likeness (QED) is 0.604. The molecular weight excluding hydrogens is 242 g/mol. The maximum atomic E-state index is 11.4. The van der Waals surface area contributed by atoms with Crippen molar-refractivity contribution in [1.29, 1.82) is 0 Å². The van der Waals surface area contributed by atoms with Gasteiger partial charge >= 0.3 is 5.97 Å². The summed E-state index contributed by atoms with van der Waals surface area (Å²) >= 11 is 0. The van der Waals surface area contributed by atoms with Crippen molar-refractivity contribution in [3.63, 3.8) is 0 Å². The lowest BCUT2D eigenvalue weighted by Crippen LogP contribution is -2.43. The Morgan fingerprint density at radius 2 is 2.22 bits per heavy atom. The van der Waals surface area contributed by atoms with Crippen molar-refractivity contribution < 1.29 is 28.9 Å². The summed E-state index contributed by atoms with van der Waals surface area (Å²) in [5.74, 6) is -2.90. The fourth-order valence-corrected chi connectivity index (χ4v) is 2.11. The fourth-order valence-electron chi connectivity index (χ4n) is 2.11. The highest BCUT2D eigenvalue weighted by molar-refractivity contribution is 5.89. The molecule has 0 aromatic carbocycles. The molecule has 1 aliphatic carbocycles. The van der Waals surface area contributed by atoms with Crippen LogP contribution in [0.1, 0.15) is 13.3 Å². The molecule has 0 aromatic rings. The first-order chi connectivity index (χ1) is 8.37. The third-order valence-corrected chi connectivity index (χ3v) is 3.11. The van der Waals surface area contributed by atoms with Crippen LogP contribution in [0.5, 0.6) is 0 Å². The molecule has 0 aromatic heterocycles. The number of aliphatic hydroxyl groups is 1. The van der Waals surface area contributed by atoms with Crippen molar-refractivity contribution >= 4 is 11.9 Å². The predicted octanol–water partition coefficient (Wildman–Crippen LogP) is -1.16. The van der Waals surface area contributed by atoms with Gasteiger partial charge in [-0.25, -0.2) is 4.79 Å². The number of esters is 1. The summed E-state index contributed by atoms with van der Waals surface area (Å²) < 4.78 is 15.3. The van der Waals surface area contributed by atoms with Crippen molar-refractivity contribution in [3.8, 4) is 0 Å². The molecule has 0 unspecified atom stereocenters. The molecule has 1 amide bonds. The molecule has 2 aliphatic rings. The number of rotatable bonds is 2. The molecule has 0 bridgehead atoms. The zero-order valence-electron chi connectivity index (χ0n) is 10.1. The minimum atomic E-state index is -1.58. The molecule has 1 heterocycles. The summed E-state index contributed by atoms with van der Waals surface area (Å²) in [7, 11) is 1.25. The first kappa shape index (κ1) is 13.0. The summed E-state index contributed by atoms with van der Waals surface area (Å²) in [4.78, 5) is 22.6. The number of hydrogen-bond donors (Lipinski definition) is 2. The van der Waals surface area contributed by atoms with Gasteiger partial charge in [-0.2, -0.15) is 0 Å². The van der Waals surface area contributed by atoms with Crippen LogP contribution < -0.4 is 5.73 Å². The number of fused-ring (bicyclic) bond motifs is 1. The number of primary amides is 1. The smallest absolute Gasteiger partial charge is 0.333 e. The van der Waals surface area contributed by atoms with Crippen LogP contribution in [-0.4, -0.2) is 48.2 Å². The summed E-state index contributed by atoms with van der Waals surface area (Å²) in [5.41, 5.74) is 5.46. The number of nitrogens with two attached hydrogens (primary N) is 1. The molecule has 0 spiro atoms. The topological polar surface area (TPSA) is 108 Å². The SMILES string of the molecule is COC(=O)C1=C[C@H]2O[C@](C)(C(N)=O)O[C@@H]2[C@H](O)C1. The zero-order chi connectivity index (χ0) is 13.5. The molecule has 18 heavy (non-hydrogen) atoms. The molecule has 0 radical (unpaired) electrons. The predicted molar refractivity (Wildman–Crippen MR) is 58.1 cm³/mol. The van der Waals surface area contributed by atoms with Crippen LogP contribution in [0.2, 0.25) is 0 Å². The summed E-state index contributed by atoms with van der Waals surface area (Å²) in [5, 5.41) is 9.90. The van der Waals surface area contributed by atoms with Crippen LogP contribution in [0, 0.1) is 0 Å². The molecule has 1 fully saturated rings. The van der Waals surface area contributed by atoms with Gasteiger partial charge in [-0.15, -0.1) is 0 Å². The number of hydrogen-bond acceptors (Lipinski definition) is 6. The van der Waals surface area contributed by atoms with Crippen LogP contribution in [0.3, 0.4) is 0 Å². The van der Waals surface area contributed by atoms with Gasteiger partial charge in [0.25, 0.3) is 5.91 Å². The number of ether oxygens (including phenoxy) is 3. The Balaban J connectivity index is 2.24. The average Bonchev–Trinajstić information content (AvgIpc) is 2.67. The van der Waals surface area contributed by atoms with Crippen molar-refractivity contribution in [2.24, 2.45) is 5.73 Å². The van der Waals surface area contributed by atoms with Gasteiger partial charge in [-0.1, -0.05) is 0 Å². The highest BCUT2D eigenvalue weighted by atomic mass is 16.8. The Morgan fingerprint density at radius 3 is 2.78 bits per heavy atom. The zero-order valence-corrected chi connectivity index (χ0v) is 10.1. The second-order valence-corrected chi connectivity index (χ2v) is 4.43. The summed E-state index contributed by atoms with van der Waals surface area (Å²) in [6.45, 7) is 1.38. The van der Waals surface area contributed by atoms with Gasteiger partial charge < -0.3 is 25.1 Å². The van der Waals surface area contributed by atoms with E-state index in [0.717, 1.165) is 0 Å². The number of methoxy groups -OCH3 is 1. The van der Waals surface area contributed by atoms with Gasteiger partial charge in [-0.05, 0) is 13.0 Å². The first-order valence-corrected chi connectivity index (χ1v) is 5.50. The van der Waals surface area contributed by atoms with Gasteiger partial charge in [0.05, 0.1) is 13.2 Å². The highest BCUT2D eigenvalue weighted by Gasteiger charge is 2.52. The van der Waals surface area contributed by atoms with E-state index in [4.69, 9.17) is 15.2 Å². The Labute approximate surface area is 103 Å². The van der Waals surface area contributed by atoms with Crippen LogP contribution >= 0.6 is 0 Å². The Morgan fingerprint density at radius 1 is 1.56 bits per heavy atom. The average molecular weight is 257 g/mol. The van der Waals surface area contributed by atoms with E-state index in [1.54, 1.807) is 0 Å². The summed E-state index contributed by atoms with van der Waals surface area (Å²) in [6.07, 6.45) is -0.768. The van der Waals surface area contributed by atoms with Crippen molar-refractivity contribution in [3.05, 3.63) is 11.6 Å². The molecule has 100 valence electrons. The Bertz CT molecular complexity index is 420. The lowest BCUT2D eigenvalue weighted by atomic mass is 9.92. The number of amides is 1. The molecule has 1 aliphatic heterocycles. The van der Waals surface area contributed by atoms with Gasteiger partial charge in [0.1, 0.15) is 12.2 Å². The van der Waals surface area contributed by atoms with Crippen LogP contribution in [-0.2, 0) is 23.8 Å². The van der Waals surface area contributed by atoms with Crippen molar-refractivity contribution in [2.75, 3.05) is 7.11 Å². The Kier molecular flexibility index (Phi) is 3.14. The van der Waals surface area contributed by atoms with Gasteiger partial charge in [0.15, 0.2) is 0 Å². The largest absolute Gasteiger partial charge is 0.466 e. The van der Waals surface area contributed by atoms with E-state index in [1.807, 2.05) is 0 Å². The van der Waals surface area contributed by atoms with E-state index in [1.165, 1.54) is 20.1 Å². The number of aliphatic hydroxyl groups excluding tert-OH is 1. The molecular formula is C11H15NO6. The molecule has 1 saturated heterocycles. The fraction of sp³-hybridized carbons (Fsp3) is 0.636. The van der Waals surface area contributed by atoms with E-state index in [2.05, 4.69) is 4.74 Å². The highest BCUT2D eigenvalue weighted by Crippen LogP contribution is 2.36. The standard InChI is InChI=1S/C11H15NO6/c1-11(10(12)15)17-7-4-5(9(14)16-2)3-6(13)8(7)18-11/h4,6-8,13H,3H2,1-2H3,(H2,12,15)/t6-,7-,8-,11+/m1/s1. The van der Waals surface area contributed by atoms with E-state index in [0.29, 0.717) is 5.57 Å². The van der Waals surface area contributed by atoms with Crippen LogP contribution in [0.4, 0.5) is 0 Å². The summed E-state index contributed by atoms with van der Waals surface area (Å²) in [6, 6.07) is 0. The van der Waals surface area contributed by atoms with Gasteiger partial charge in [-0.3, -0.25) is 4.79 Å². The Hall–Kier alpha value is -1.44. The third kappa shape index (κ3) is 2.00. The maximum Gasteiger partial charge on any atom is 0.333 e. The van der Waals surface area contributed by atoms with Crippen LogP contribution in [0.25, 0.3) is 0 Å². The lowest BCUT2D eigenvalue weighted by molar-refractivity contribution is -0.183. The second-order valence-electron chi connectivity index (χ2n) is 4.43.